The minimum atomic E-state index is -0.189. The standard InChI is InChI=1S/C14H17NO2/c16-9-3-6-12-4-1-2-5-13(12)10-15-8-7-14(17)11-15/h1-2,4-5,14,16-17H,7-11H2. The van der Waals surface area contributed by atoms with Crippen LogP contribution in [0.4, 0.5) is 0 Å². The van der Waals surface area contributed by atoms with Gasteiger partial charge in [-0.25, -0.2) is 0 Å². The zero-order valence-electron chi connectivity index (χ0n) is 9.76. The van der Waals surface area contributed by atoms with Gasteiger partial charge < -0.3 is 10.2 Å². The van der Waals surface area contributed by atoms with Crippen LogP contribution in [0.25, 0.3) is 0 Å². The summed E-state index contributed by atoms with van der Waals surface area (Å²) in [5, 5.41) is 18.2. The van der Waals surface area contributed by atoms with Crippen LogP contribution in [0.15, 0.2) is 24.3 Å². The number of aliphatic hydroxyl groups excluding tert-OH is 2. The molecule has 3 heteroatoms. The Balaban J connectivity index is 2.09. The van der Waals surface area contributed by atoms with E-state index in [0.29, 0.717) is 0 Å². The summed E-state index contributed by atoms with van der Waals surface area (Å²) in [6, 6.07) is 7.95. The first-order valence-electron chi connectivity index (χ1n) is 5.87. The highest BCUT2D eigenvalue weighted by molar-refractivity contribution is 5.41. The van der Waals surface area contributed by atoms with Crippen LogP contribution in [-0.2, 0) is 6.54 Å². The fraction of sp³-hybridized carbons (Fsp3) is 0.429. The molecule has 1 aliphatic heterocycles. The Labute approximate surface area is 102 Å². The van der Waals surface area contributed by atoms with Crippen molar-refractivity contribution >= 4 is 0 Å². The number of rotatable bonds is 2. The van der Waals surface area contributed by atoms with E-state index in [-0.39, 0.29) is 12.7 Å². The Morgan fingerprint density at radius 3 is 2.88 bits per heavy atom. The van der Waals surface area contributed by atoms with Crippen molar-refractivity contribution in [1.82, 2.24) is 4.90 Å². The molecule has 1 atom stereocenters. The maximum Gasteiger partial charge on any atom is 0.104 e. The van der Waals surface area contributed by atoms with E-state index in [4.69, 9.17) is 5.11 Å². The van der Waals surface area contributed by atoms with Crippen LogP contribution < -0.4 is 0 Å². The molecule has 0 saturated carbocycles. The van der Waals surface area contributed by atoms with Crippen molar-refractivity contribution < 1.29 is 10.2 Å². The van der Waals surface area contributed by atoms with E-state index in [2.05, 4.69) is 16.7 Å². The zero-order valence-corrected chi connectivity index (χ0v) is 9.76. The van der Waals surface area contributed by atoms with Crippen molar-refractivity contribution in [2.45, 2.75) is 19.1 Å². The Hall–Kier alpha value is -1.34. The lowest BCUT2D eigenvalue weighted by Gasteiger charge is -2.15. The Kier molecular flexibility index (Phi) is 4.16. The molecule has 1 aromatic carbocycles. The van der Waals surface area contributed by atoms with Crippen molar-refractivity contribution in [3.63, 3.8) is 0 Å². The maximum absolute atomic E-state index is 9.49. The molecule has 1 aromatic rings. The van der Waals surface area contributed by atoms with Crippen LogP contribution in [0.2, 0.25) is 0 Å². The first-order valence-corrected chi connectivity index (χ1v) is 5.87. The second-order valence-electron chi connectivity index (χ2n) is 4.29. The van der Waals surface area contributed by atoms with Crippen LogP contribution in [0.1, 0.15) is 17.5 Å². The first-order chi connectivity index (χ1) is 8.29. The van der Waals surface area contributed by atoms with E-state index in [1.54, 1.807) is 0 Å². The SMILES string of the molecule is OCC#Cc1ccccc1CN1CCC(O)C1. The summed E-state index contributed by atoms with van der Waals surface area (Å²) in [6.07, 6.45) is 0.662. The summed E-state index contributed by atoms with van der Waals surface area (Å²) in [5.74, 6) is 5.64. The maximum atomic E-state index is 9.49. The number of β-amino-alcohol motifs (C(OH)–C–C–N with tert-alkyl or cyclic N) is 1. The molecule has 1 saturated heterocycles. The number of aliphatic hydroxyl groups is 2. The van der Waals surface area contributed by atoms with Crippen LogP contribution in [0.3, 0.4) is 0 Å². The highest BCUT2D eigenvalue weighted by atomic mass is 16.3. The van der Waals surface area contributed by atoms with Crippen LogP contribution >= 0.6 is 0 Å². The third-order valence-corrected chi connectivity index (χ3v) is 2.96. The van der Waals surface area contributed by atoms with Gasteiger partial charge in [0.1, 0.15) is 6.61 Å². The van der Waals surface area contributed by atoms with Crippen LogP contribution in [0.5, 0.6) is 0 Å². The molecule has 0 aliphatic carbocycles. The van der Waals surface area contributed by atoms with Gasteiger partial charge in [-0.15, -0.1) is 0 Å². The van der Waals surface area contributed by atoms with Crippen LogP contribution in [0, 0.1) is 11.8 Å². The highest BCUT2D eigenvalue weighted by Gasteiger charge is 2.20. The average molecular weight is 231 g/mol. The molecule has 17 heavy (non-hydrogen) atoms. The van der Waals surface area contributed by atoms with E-state index in [1.165, 1.54) is 0 Å². The third-order valence-electron chi connectivity index (χ3n) is 2.96. The van der Waals surface area contributed by atoms with Gasteiger partial charge in [0.05, 0.1) is 6.10 Å². The van der Waals surface area contributed by atoms with Gasteiger partial charge in [-0.1, -0.05) is 30.0 Å². The van der Waals surface area contributed by atoms with Gasteiger partial charge in [0.15, 0.2) is 0 Å². The lowest BCUT2D eigenvalue weighted by molar-refractivity contribution is 0.175. The predicted molar refractivity (Wildman–Crippen MR) is 66.3 cm³/mol. The number of hydrogen-bond acceptors (Lipinski definition) is 3. The summed E-state index contributed by atoms with van der Waals surface area (Å²) >= 11 is 0. The van der Waals surface area contributed by atoms with E-state index < -0.39 is 0 Å². The van der Waals surface area contributed by atoms with E-state index in [1.807, 2.05) is 24.3 Å². The van der Waals surface area contributed by atoms with Crippen molar-refractivity contribution in [2.75, 3.05) is 19.7 Å². The monoisotopic (exact) mass is 231 g/mol. The number of likely N-dealkylation sites (tertiary alicyclic amines) is 1. The summed E-state index contributed by atoms with van der Waals surface area (Å²) < 4.78 is 0. The number of hydrogen-bond donors (Lipinski definition) is 2. The lowest BCUT2D eigenvalue weighted by atomic mass is 10.1. The van der Waals surface area contributed by atoms with E-state index in [9.17, 15) is 5.11 Å². The smallest absolute Gasteiger partial charge is 0.104 e. The normalized spacial score (nSPS) is 20.0. The topological polar surface area (TPSA) is 43.7 Å². The van der Waals surface area contributed by atoms with Gasteiger partial charge >= 0.3 is 0 Å². The molecular weight excluding hydrogens is 214 g/mol. The van der Waals surface area contributed by atoms with Crippen molar-refractivity contribution in [2.24, 2.45) is 0 Å². The third kappa shape index (κ3) is 3.31. The Bertz CT molecular complexity index is 433. The minimum absolute atomic E-state index is 0.114. The molecule has 0 spiro atoms. The average Bonchev–Trinajstić information content (AvgIpc) is 2.74. The van der Waals surface area contributed by atoms with E-state index in [0.717, 1.165) is 37.2 Å². The summed E-state index contributed by atoms with van der Waals surface area (Å²) in [4.78, 5) is 2.23. The second-order valence-corrected chi connectivity index (χ2v) is 4.29. The summed E-state index contributed by atoms with van der Waals surface area (Å²) in [5.41, 5.74) is 2.12. The predicted octanol–water partition coefficient (Wildman–Crippen LogP) is 0.597. The molecule has 0 radical (unpaired) electrons. The Morgan fingerprint density at radius 2 is 2.18 bits per heavy atom. The molecule has 3 nitrogen and oxygen atoms in total. The zero-order chi connectivity index (χ0) is 12.1. The fourth-order valence-electron chi connectivity index (χ4n) is 2.11. The molecule has 2 rings (SSSR count). The largest absolute Gasteiger partial charge is 0.392 e. The van der Waals surface area contributed by atoms with Gasteiger partial charge in [0.25, 0.3) is 0 Å². The molecule has 0 aromatic heterocycles. The van der Waals surface area contributed by atoms with Gasteiger partial charge in [-0.3, -0.25) is 4.90 Å². The minimum Gasteiger partial charge on any atom is -0.392 e. The quantitative estimate of drug-likeness (QED) is 0.732. The van der Waals surface area contributed by atoms with Crippen LogP contribution in [-0.4, -0.2) is 40.9 Å². The molecule has 1 aliphatic rings. The highest BCUT2D eigenvalue weighted by Crippen LogP contribution is 2.15. The van der Waals surface area contributed by atoms with Crippen molar-refractivity contribution in [3.8, 4) is 11.8 Å². The number of nitrogens with zero attached hydrogens (tertiary/aromatic N) is 1. The van der Waals surface area contributed by atoms with Gasteiger partial charge in [0, 0.05) is 25.2 Å². The van der Waals surface area contributed by atoms with Gasteiger partial charge in [-0.05, 0) is 18.1 Å². The second kappa shape index (κ2) is 5.83. The fourth-order valence-corrected chi connectivity index (χ4v) is 2.11. The van der Waals surface area contributed by atoms with Gasteiger partial charge in [0.2, 0.25) is 0 Å². The molecule has 1 heterocycles. The first kappa shape index (κ1) is 12.1. The summed E-state index contributed by atoms with van der Waals surface area (Å²) in [7, 11) is 0. The molecular formula is C14H17NO2. The number of benzene rings is 1. The molecule has 90 valence electrons. The van der Waals surface area contributed by atoms with Gasteiger partial charge in [-0.2, -0.15) is 0 Å². The van der Waals surface area contributed by atoms with Crippen molar-refractivity contribution in [1.29, 1.82) is 0 Å². The lowest BCUT2D eigenvalue weighted by Crippen LogP contribution is -2.21. The summed E-state index contributed by atoms with van der Waals surface area (Å²) in [6.45, 7) is 2.37. The molecule has 0 amide bonds. The molecule has 1 fully saturated rings. The molecule has 1 unspecified atom stereocenters. The molecule has 0 bridgehead atoms. The molecule has 2 N–H and O–H groups in total. The van der Waals surface area contributed by atoms with E-state index >= 15 is 0 Å². The Morgan fingerprint density at radius 1 is 1.35 bits per heavy atom. The van der Waals surface area contributed by atoms with Crippen molar-refractivity contribution in [3.05, 3.63) is 35.4 Å².